The smallest absolute Gasteiger partial charge is 0.255 e. The van der Waals surface area contributed by atoms with Crippen molar-refractivity contribution in [1.82, 2.24) is 14.8 Å². The van der Waals surface area contributed by atoms with Gasteiger partial charge in [-0.05, 0) is 61.7 Å². The van der Waals surface area contributed by atoms with Crippen molar-refractivity contribution in [2.45, 2.75) is 37.8 Å². The number of benzene rings is 1. The minimum Gasteiger partial charge on any atom is -0.493 e. The second kappa shape index (κ2) is 7.75. The van der Waals surface area contributed by atoms with Gasteiger partial charge < -0.3 is 24.3 Å². The molecule has 0 amide bonds. The lowest BCUT2D eigenvalue weighted by Gasteiger charge is -2.38. The number of hydrogen-bond acceptors (Lipinski definition) is 5. The van der Waals surface area contributed by atoms with Crippen molar-refractivity contribution in [2.75, 3.05) is 40.9 Å². The third-order valence-corrected chi connectivity index (χ3v) is 7.11. The maximum absolute atomic E-state index is 13.2. The first-order valence-electron chi connectivity index (χ1n) is 10.9. The van der Waals surface area contributed by atoms with Crippen LogP contribution >= 0.6 is 0 Å². The summed E-state index contributed by atoms with van der Waals surface area (Å²) in [6.45, 7) is 4.49. The summed E-state index contributed by atoms with van der Waals surface area (Å²) in [5.41, 5.74) is 4.99. The predicted molar refractivity (Wildman–Crippen MR) is 117 cm³/mol. The Morgan fingerprint density at radius 1 is 1.17 bits per heavy atom. The zero-order valence-corrected chi connectivity index (χ0v) is 18.1. The van der Waals surface area contributed by atoms with Crippen molar-refractivity contribution in [3.63, 3.8) is 0 Å². The number of fused-ring (bicyclic) bond motifs is 5. The molecule has 3 aliphatic rings. The summed E-state index contributed by atoms with van der Waals surface area (Å²) in [4.78, 5) is 15.5. The molecule has 0 spiro atoms. The van der Waals surface area contributed by atoms with Crippen molar-refractivity contribution in [3.8, 4) is 11.5 Å². The summed E-state index contributed by atoms with van der Waals surface area (Å²) in [5.74, 6) is 3.12. The van der Waals surface area contributed by atoms with Gasteiger partial charge in [-0.3, -0.25) is 4.79 Å². The largest absolute Gasteiger partial charge is 0.493 e. The molecule has 1 fully saturated rings. The Kier molecular flexibility index (Phi) is 5.07. The maximum atomic E-state index is 13.2. The first-order chi connectivity index (χ1) is 14.6. The van der Waals surface area contributed by atoms with E-state index in [1.54, 1.807) is 14.2 Å². The normalized spacial score (nSPS) is 24.1. The molecule has 1 aromatic carbocycles. The molecule has 1 aliphatic carbocycles. The number of likely N-dealkylation sites (N-methyl/N-ethyl adjacent to an activating group) is 1. The zero-order chi connectivity index (χ0) is 20.8. The Morgan fingerprint density at radius 3 is 2.77 bits per heavy atom. The van der Waals surface area contributed by atoms with Crippen LogP contribution in [0.15, 0.2) is 29.1 Å². The van der Waals surface area contributed by atoms with E-state index >= 15 is 0 Å². The SMILES string of the molecule is COc1cc2c(cc1OC)[C@@H](CN(C)Cc1ccc3n(c1=O)C[C@@H]1CNC[C@H]3C1)C2. The van der Waals surface area contributed by atoms with Gasteiger partial charge in [0.1, 0.15) is 0 Å². The second-order valence-corrected chi connectivity index (χ2v) is 9.16. The number of piperidine rings is 1. The molecule has 5 rings (SSSR count). The van der Waals surface area contributed by atoms with Gasteiger partial charge in [0.2, 0.25) is 0 Å². The highest BCUT2D eigenvalue weighted by atomic mass is 16.5. The van der Waals surface area contributed by atoms with Crippen molar-refractivity contribution in [3.05, 3.63) is 57.0 Å². The molecule has 0 radical (unpaired) electrons. The van der Waals surface area contributed by atoms with Crippen LogP contribution in [0.3, 0.4) is 0 Å². The van der Waals surface area contributed by atoms with E-state index in [0.717, 1.165) is 49.7 Å². The van der Waals surface area contributed by atoms with Crippen molar-refractivity contribution in [2.24, 2.45) is 5.92 Å². The van der Waals surface area contributed by atoms with E-state index in [9.17, 15) is 4.79 Å². The summed E-state index contributed by atoms with van der Waals surface area (Å²) in [6, 6.07) is 8.44. The van der Waals surface area contributed by atoms with E-state index in [4.69, 9.17) is 9.47 Å². The molecule has 2 bridgehead atoms. The molecule has 1 N–H and O–H groups in total. The highest BCUT2D eigenvalue weighted by molar-refractivity contribution is 5.53. The molecule has 3 heterocycles. The van der Waals surface area contributed by atoms with Gasteiger partial charge >= 0.3 is 0 Å². The van der Waals surface area contributed by atoms with Gasteiger partial charge in [-0.2, -0.15) is 0 Å². The molecule has 30 heavy (non-hydrogen) atoms. The number of ether oxygens (including phenoxy) is 2. The molecule has 0 unspecified atom stereocenters. The van der Waals surface area contributed by atoms with Crippen LogP contribution in [0.4, 0.5) is 0 Å². The molecule has 6 heteroatoms. The quantitative estimate of drug-likeness (QED) is 0.794. The van der Waals surface area contributed by atoms with Gasteiger partial charge in [0.15, 0.2) is 11.5 Å². The van der Waals surface area contributed by atoms with E-state index < -0.39 is 0 Å². The molecule has 160 valence electrons. The highest BCUT2D eigenvalue weighted by Gasteiger charge is 2.32. The van der Waals surface area contributed by atoms with Gasteiger partial charge in [0, 0.05) is 49.3 Å². The van der Waals surface area contributed by atoms with Crippen molar-refractivity contribution in [1.29, 1.82) is 0 Å². The first-order valence-corrected chi connectivity index (χ1v) is 10.9. The summed E-state index contributed by atoms with van der Waals surface area (Å²) < 4.78 is 12.9. The van der Waals surface area contributed by atoms with Crippen molar-refractivity contribution >= 4 is 0 Å². The molecule has 1 saturated heterocycles. The number of rotatable bonds is 6. The third-order valence-electron chi connectivity index (χ3n) is 7.11. The van der Waals surface area contributed by atoms with E-state index in [0.29, 0.717) is 24.3 Å². The summed E-state index contributed by atoms with van der Waals surface area (Å²) in [5, 5.41) is 3.51. The van der Waals surface area contributed by atoms with Crippen LogP contribution in [0.5, 0.6) is 11.5 Å². The number of nitrogens with one attached hydrogen (secondary N) is 1. The summed E-state index contributed by atoms with van der Waals surface area (Å²) in [6.07, 6.45) is 2.25. The Labute approximate surface area is 177 Å². The van der Waals surface area contributed by atoms with E-state index in [2.05, 4.69) is 46.1 Å². The summed E-state index contributed by atoms with van der Waals surface area (Å²) >= 11 is 0. The molecule has 2 aromatic rings. The van der Waals surface area contributed by atoms with Gasteiger partial charge in [0.25, 0.3) is 5.56 Å². The molecule has 6 nitrogen and oxygen atoms in total. The molecule has 0 saturated carbocycles. The average Bonchev–Trinajstić information content (AvgIpc) is 2.74. The van der Waals surface area contributed by atoms with Crippen LogP contribution in [0.25, 0.3) is 0 Å². The van der Waals surface area contributed by atoms with Crippen LogP contribution in [0.1, 0.15) is 40.6 Å². The number of hydrogen-bond donors (Lipinski definition) is 1. The fourth-order valence-corrected chi connectivity index (χ4v) is 5.59. The molecule has 1 aromatic heterocycles. The van der Waals surface area contributed by atoms with Crippen LogP contribution < -0.4 is 20.3 Å². The Morgan fingerprint density at radius 2 is 1.97 bits per heavy atom. The lowest BCUT2D eigenvalue weighted by atomic mass is 9.77. The number of methoxy groups -OCH3 is 2. The molecule has 2 aliphatic heterocycles. The van der Waals surface area contributed by atoms with Gasteiger partial charge in [-0.25, -0.2) is 0 Å². The molecule has 3 atom stereocenters. The Bertz CT molecular complexity index is 1020. The topological polar surface area (TPSA) is 55.7 Å². The zero-order valence-electron chi connectivity index (χ0n) is 18.1. The van der Waals surface area contributed by atoms with E-state index in [1.165, 1.54) is 23.2 Å². The lowest BCUT2D eigenvalue weighted by Crippen LogP contribution is -2.45. The fraction of sp³-hybridized carbons (Fsp3) is 0.542. The first kappa shape index (κ1) is 19.6. The number of aromatic nitrogens is 1. The van der Waals surface area contributed by atoms with Crippen LogP contribution in [-0.2, 0) is 19.5 Å². The van der Waals surface area contributed by atoms with E-state index in [1.807, 2.05) is 0 Å². The number of nitrogens with zero attached hydrogens (tertiary/aromatic N) is 2. The highest BCUT2D eigenvalue weighted by Crippen LogP contribution is 2.42. The summed E-state index contributed by atoms with van der Waals surface area (Å²) in [7, 11) is 5.47. The van der Waals surface area contributed by atoms with E-state index in [-0.39, 0.29) is 5.56 Å². The fourth-order valence-electron chi connectivity index (χ4n) is 5.59. The van der Waals surface area contributed by atoms with Gasteiger partial charge in [-0.1, -0.05) is 6.07 Å². The minimum atomic E-state index is 0.205. The third kappa shape index (κ3) is 3.32. The van der Waals surface area contributed by atoms with Crippen molar-refractivity contribution < 1.29 is 9.47 Å². The monoisotopic (exact) mass is 409 g/mol. The van der Waals surface area contributed by atoms with Crippen LogP contribution in [-0.4, -0.2) is 50.4 Å². The lowest BCUT2D eigenvalue weighted by molar-refractivity contribution is 0.253. The molecular formula is C24H31N3O3. The Balaban J connectivity index is 1.30. The second-order valence-electron chi connectivity index (χ2n) is 9.16. The number of pyridine rings is 1. The van der Waals surface area contributed by atoms with Crippen LogP contribution in [0, 0.1) is 5.92 Å². The van der Waals surface area contributed by atoms with Gasteiger partial charge in [0.05, 0.1) is 14.2 Å². The average molecular weight is 410 g/mol. The Hall–Kier alpha value is -2.31. The minimum absolute atomic E-state index is 0.205. The van der Waals surface area contributed by atoms with Gasteiger partial charge in [-0.15, -0.1) is 0 Å². The predicted octanol–water partition coefficient (Wildman–Crippen LogP) is 2.34. The maximum Gasteiger partial charge on any atom is 0.255 e. The molecular weight excluding hydrogens is 378 g/mol. The van der Waals surface area contributed by atoms with Crippen LogP contribution in [0.2, 0.25) is 0 Å². The standard InChI is InChI=1S/C24H31N3O3/c1-26(14-19-7-17-8-22(29-2)23(30-3)9-20(17)19)13-16-4-5-21-18-6-15(10-25-11-18)12-27(21)24(16)28/h4-5,8-9,15,18-19,25H,6-7,10-14H2,1-3H3/t15-,18+,19+/m0/s1.